The third-order valence-electron chi connectivity index (χ3n) is 2.00. The summed E-state index contributed by atoms with van der Waals surface area (Å²) in [7, 11) is 0. The number of amides is 2. The van der Waals surface area contributed by atoms with Gasteiger partial charge in [-0.15, -0.1) is 0 Å². The molecule has 0 aliphatic rings. The summed E-state index contributed by atoms with van der Waals surface area (Å²) in [5.41, 5.74) is 1.69. The van der Waals surface area contributed by atoms with E-state index < -0.39 is 0 Å². The monoisotopic (exact) mass is 238 g/mol. The molecule has 1 aromatic carbocycles. The standard InChI is InChI=1S/C12H15ClN2O/c1-3-4-7-14-12(16)15-11-6-5-10(13)8-9(11)2/h4-8H,3H2,1-2H3,(H2,14,15,16)/b7-4+. The van der Waals surface area contributed by atoms with E-state index in [-0.39, 0.29) is 6.03 Å². The van der Waals surface area contributed by atoms with Crippen LogP contribution in [0.2, 0.25) is 5.02 Å². The first kappa shape index (κ1) is 12.6. The summed E-state index contributed by atoms with van der Waals surface area (Å²) < 4.78 is 0. The highest BCUT2D eigenvalue weighted by Crippen LogP contribution is 2.19. The van der Waals surface area contributed by atoms with Gasteiger partial charge in [0.05, 0.1) is 0 Å². The molecule has 0 radical (unpaired) electrons. The van der Waals surface area contributed by atoms with E-state index >= 15 is 0 Å². The largest absolute Gasteiger partial charge is 0.323 e. The van der Waals surface area contributed by atoms with Crippen LogP contribution < -0.4 is 10.6 Å². The van der Waals surface area contributed by atoms with E-state index in [1.807, 2.05) is 19.9 Å². The highest BCUT2D eigenvalue weighted by atomic mass is 35.5. The van der Waals surface area contributed by atoms with Crippen molar-refractivity contribution in [1.29, 1.82) is 0 Å². The number of carbonyl (C=O) groups excluding carboxylic acids is 1. The number of hydrogen-bond donors (Lipinski definition) is 2. The van der Waals surface area contributed by atoms with Gasteiger partial charge in [0, 0.05) is 16.9 Å². The Labute approximate surface area is 100 Å². The van der Waals surface area contributed by atoms with Crippen molar-refractivity contribution in [2.45, 2.75) is 20.3 Å². The lowest BCUT2D eigenvalue weighted by atomic mass is 10.2. The molecule has 0 unspecified atom stereocenters. The third-order valence-corrected chi connectivity index (χ3v) is 2.24. The van der Waals surface area contributed by atoms with Gasteiger partial charge in [-0.25, -0.2) is 4.79 Å². The van der Waals surface area contributed by atoms with E-state index in [4.69, 9.17) is 11.6 Å². The lowest BCUT2D eigenvalue weighted by Gasteiger charge is -2.07. The number of allylic oxidation sites excluding steroid dienone is 1. The van der Waals surface area contributed by atoms with Gasteiger partial charge in [0.1, 0.15) is 0 Å². The first-order valence-electron chi connectivity index (χ1n) is 5.12. The molecular formula is C12H15ClN2O. The second-order valence-electron chi connectivity index (χ2n) is 3.37. The van der Waals surface area contributed by atoms with Crippen molar-refractivity contribution in [1.82, 2.24) is 5.32 Å². The lowest BCUT2D eigenvalue weighted by Crippen LogP contribution is -2.24. The SMILES string of the molecule is CC/C=C/NC(=O)Nc1ccc(Cl)cc1C. The molecule has 1 aromatic rings. The van der Waals surface area contributed by atoms with Crippen LogP contribution in [0.3, 0.4) is 0 Å². The Morgan fingerprint density at radius 3 is 2.88 bits per heavy atom. The molecule has 0 heterocycles. The summed E-state index contributed by atoms with van der Waals surface area (Å²) in [6.07, 6.45) is 4.38. The quantitative estimate of drug-likeness (QED) is 0.829. The maximum absolute atomic E-state index is 11.4. The Balaban J connectivity index is 2.59. The number of halogens is 1. The van der Waals surface area contributed by atoms with Gasteiger partial charge in [-0.2, -0.15) is 0 Å². The number of benzene rings is 1. The molecule has 86 valence electrons. The van der Waals surface area contributed by atoms with Crippen LogP contribution in [0.1, 0.15) is 18.9 Å². The number of aryl methyl sites for hydroxylation is 1. The second-order valence-corrected chi connectivity index (χ2v) is 3.80. The van der Waals surface area contributed by atoms with Crippen LogP contribution in [0.4, 0.5) is 10.5 Å². The molecule has 0 spiro atoms. The van der Waals surface area contributed by atoms with Crippen LogP contribution in [0, 0.1) is 6.92 Å². The van der Waals surface area contributed by atoms with Crippen molar-refractivity contribution in [3.63, 3.8) is 0 Å². The fourth-order valence-corrected chi connectivity index (χ4v) is 1.40. The van der Waals surface area contributed by atoms with Crippen LogP contribution in [-0.2, 0) is 0 Å². The fraction of sp³-hybridized carbons (Fsp3) is 0.250. The maximum Gasteiger partial charge on any atom is 0.323 e. The van der Waals surface area contributed by atoms with Crippen molar-refractivity contribution in [2.75, 3.05) is 5.32 Å². The van der Waals surface area contributed by atoms with Crippen molar-refractivity contribution in [3.8, 4) is 0 Å². The summed E-state index contributed by atoms with van der Waals surface area (Å²) in [5.74, 6) is 0. The zero-order chi connectivity index (χ0) is 12.0. The van der Waals surface area contributed by atoms with Gasteiger partial charge in [0.15, 0.2) is 0 Å². The van der Waals surface area contributed by atoms with Crippen LogP contribution in [0.15, 0.2) is 30.5 Å². The number of nitrogens with one attached hydrogen (secondary N) is 2. The van der Waals surface area contributed by atoms with Crippen LogP contribution in [0.5, 0.6) is 0 Å². The van der Waals surface area contributed by atoms with Gasteiger partial charge in [0.2, 0.25) is 0 Å². The van der Waals surface area contributed by atoms with E-state index in [9.17, 15) is 4.79 Å². The molecule has 1 rings (SSSR count). The van der Waals surface area contributed by atoms with E-state index in [2.05, 4.69) is 10.6 Å². The van der Waals surface area contributed by atoms with Gasteiger partial charge < -0.3 is 10.6 Å². The summed E-state index contributed by atoms with van der Waals surface area (Å²) in [5, 5.41) is 6.01. The second kappa shape index (κ2) is 6.18. The van der Waals surface area contributed by atoms with Gasteiger partial charge >= 0.3 is 6.03 Å². The average Bonchev–Trinajstić information content (AvgIpc) is 2.23. The molecule has 3 nitrogen and oxygen atoms in total. The van der Waals surface area contributed by atoms with Crippen molar-refractivity contribution < 1.29 is 4.79 Å². The summed E-state index contributed by atoms with van der Waals surface area (Å²) >= 11 is 5.82. The number of hydrogen-bond acceptors (Lipinski definition) is 1. The van der Waals surface area contributed by atoms with Crippen molar-refractivity contribution >= 4 is 23.3 Å². The average molecular weight is 239 g/mol. The third kappa shape index (κ3) is 3.95. The number of anilines is 1. The molecule has 0 fully saturated rings. The minimum absolute atomic E-state index is 0.255. The molecule has 2 amide bonds. The molecule has 16 heavy (non-hydrogen) atoms. The number of urea groups is 1. The highest BCUT2D eigenvalue weighted by Gasteiger charge is 2.02. The first-order valence-corrected chi connectivity index (χ1v) is 5.50. The maximum atomic E-state index is 11.4. The van der Waals surface area contributed by atoms with Gasteiger partial charge in [-0.3, -0.25) is 0 Å². The Hall–Kier alpha value is -1.48. The zero-order valence-electron chi connectivity index (χ0n) is 9.38. The Bertz CT molecular complexity index is 402. The minimum Gasteiger partial charge on any atom is -0.315 e. The molecule has 4 heteroatoms. The normalized spacial score (nSPS) is 10.4. The molecule has 0 saturated carbocycles. The van der Waals surface area contributed by atoms with Crippen LogP contribution in [-0.4, -0.2) is 6.03 Å². The van der Waals surface area contributed by atoms with E-state index in [0.717, 1.165) is 17.7 Å². The Morgan fingerprint density at radius 2 is 2.25 bits per heavy atom. The van der Waals surface area contributed by atoms with Crippen molar-refractivity contribution in [3.05, 3.63) is 41.1 Å². The molecule has 0 atom stereocenters. The highest BCUT2D eigenvalue weighted by molar-refractivity contribution is 6.30. The summed E-state index contributed by atoms with van der Waals surface area (Å²) in [4.78, 5) is 11.4. The topological polar surface area (TPSA) is 41.1 Å². The Morgan fingerprint density at radius 1 is 1.50 bits per heavy atom. The van der Waals surface area contributed by atoms with Gasteiger partial charge in [0.25, 0.3) is 0 Å². The van der Waals surface area contributed by atoms with Gasteiger partial charge in [-0.1, -0.05) is 24.6 Å². The predicted octanol–water partition coefficient (Wildman–Crippen LogP) is 3.69. The van der Waals surface area contributed by atoms with Crippen LogP contribution in [0.25, 0.3) is 0 Å². The van der Waals surface area contributed by atoms with E-state index in [1.165, 1.54) is 0 Å². The number of carbonyl (C=O) groups is 1. The molecule has 0 aromatic heterocycles. The lowest BCUT2D eigenvalue weighted by molar-refractivity contribution is 0.255. The smallest absolute Gasteiger partial charge is 0.315 e. The van der Waals surface area contributed by atoms with E-state index in [0.29, 0.717) is 5.02 Å². The molecule has 0 aliphatic carbocycles. The first-order chi connectivity index (χ1) is 7.63. The molecular weight excluding hydrogens is 224 g/mol. The molecule has 0 saturated heterocycles. The predicted molar refractivity (Wildman–Crippen MR) is 67.8 cm³/mol. The minimum atomic E-state index is -0.255. The van der Waals surface area contributed by atoms with E-state index in [1.54, 1.807) is 24.4 Å². The van der Waals surface area contributed by atoms with Crippen molar-refractivity contribution in [2.24, 2.45) is 0 Å². The molecule has 0 aliphatic heterocycles. The Kier molecular flexibility index (Phi) is 4.86. The summed E-state index contributed by atoms with van der Waals surface area (Å²) in [6.45, 7) is 3.89. The molecule has 0 bridgehead atoms. The summed E-state index contributed by atoms with van der Waals surface area (Å²) in [6, 6.07) is 5.07. The van der Waals surface area contributed by atoms with Crippen LogP contribution >= 0.6 is 11.6 Å². The fourth-order valence-electron chi connectivity index (χ4n) is 1.18. The van der Waals surface area contributed by atoms with Gasteiger partial charge in [-0.05, 0) is 37.1 Å². The molecule has 2 N–H and O–H groups in total. The zero-order valence-corrected chi connectivity index (χ0v) is 10.1. The number of rotatable bonds is 3.